The predicted octanol–water partition coefficient (Wildman–Crippen LogP) is 3.93. The van der Waals surface area contributed by atoms with E-state index >= 15 is 0 Å². The van der Waals surface area contributed by atoms with Gasteiger partial charge in [-0.2, -0.15) is 0 Å². The largest absolute Gasteiger partial charge is 0.472 e. The Morgan fingerprint density at radius 3 is 2.58 bits per heavy atom. The van der Waals surface area contributed by atoms with Crippen LogP contribution in [0, 0.1) is 0 Å². The molecule has 2 rings (SSSR count). The fourth-order valence-electron chi connectivity index (χ4n) is 2.34. The van der Waals surface area contributed by atoms with E-state index in [4.69, 9.17) is 27.8 Å². The van der Waals surface area contributed by atoms with Crippen LogP contribution in [0.15, 0.2) is 75.5 Å². The monoisotopic (exact) mass is 376 g/mol. The standard InChI is InChI=1S/C18H23ClN4O.C2H6/c1-13(10-16(19)20)18(21)24-15-11-23(12-15)17(22-2)9-8-14-6-4-3-5-7-14;1-2/h3-6,8-10,15H,2,7,11-12,20-21H2,1H3;1-2H3/b14-8-,16-10-,17-9+,18-13+;. The first-order valence-corrected chi connectivity index (χ1v) is 9.09. The zero-order valence-corrected chi connectivity index (χ0v) is 16.5. The third-order valence-electron chi connectivity index (χ3n) is 3.73. The van der Waals surface area contributed by atoms with Gasteiger partial charge in [0.05, 0.1) is 18.2 Å². The van der Waals surface area contributed by atoms with Crippen LogP contribution in [0.2, 0.25) is 0 Å². The third-order valence-corrected chi connectivity index (χ3v) is 3.84. The van der Waals surface area contributed by atoms with Crippen molar-refractivity contribution in [2.75, 3.05) is 13.1 Å². The molecule has 1 aliphatic carbocycles. The Labute approximate surface area is 161 Å². The van der Waals surface area contributed by atoms with Crippen LogP contribution in [0.5, 0.6) is 0 Å². The molecule has 0 amide bonds. The Balaban J connectivity index is 0.00000163. The van der Waals surface area contributed by atoms with Gasteiger partial charge in [-0.15, -0.1) is 0 Å². The number of rotatable bonds is 6. The first kappa shape index (κ1) is 21.6. The van der Waals surface area contributed by atoms with Crippen molar-refractivity contribution >= 4 is 18.3 Å². The fourth-order valence-corrected chi connectivity index (χ4v) is 2.51. The van der Waals surface area contributed by atoms with E-state index in [9.17, 15) is 0 Å². The van der Waals surface area contributed by atoms with E-state index in [0.717, 1.165) is 12.2 Å². The van der Waals surface area contributed by atoms with E-state index in [1.165, 1.54) is 5.57 Å². The summed E-state index contributed by atoms with van der Waals surface area (Å²) in [7, 11) is 0. The Kier molecular flexibility index (Phi) is 9.37. The average molecular weight is 377 g/mol. The summed E-state index contributed by atoms with van der Waals surface area (Å²) in [5.41, 5.74) is 13.3. The van der Waals surface area contributed by atoms with Crippen molar-refractivity contribution in [3.8, 4) is 0 Å². The minimum Gasteiger partial charge on any atom is -0.472 e. The predicted molar refractivity (Wildman–Crippen MR) is 111 cm³/mol. The highest BCUT2D eigenvalue weighted by Crippen LogP contribution is 2.21. The molecule has 0 aromatic rings. The van der Waals surface area contributed by atoms with Crippen molar-refractivity contribution in [3.05, 3.63) is 70.5 Å². The highest BCUT2D eigenvalue weighted by atomic mass is 35.5. The van der Waals surface area contributed by atoms with E-state index < -0.39 is 0 Å². The number of hydrogen-bond acceptors (Lipinski definition) is 5. The Hall–Kier alpha value is -2.40. The molecular formula is C20H29ClN4O. The van der Waals surface area contributed by atoms with Crippen LogP contribution < -0.4 is 11.5 Å². The summed E-state index contributed by atoms with van der Waals surface area (Å²) in [5.74, 6) is 1.16. The van der Waals surface area contributed by atoms with Gasteiger partial charge in [0.15, 0.2) is 5.88 Å². The maximum Gasteiger partial charge on any atom is 0.187 e. The molecular weight excluding hydrogens is 348 g/mol. The van der Waals surface area contributed by atoms with Crippen molar-refractivity contribution in [1.29, 1.82) is 0 Å². The van der Waals surface area contributed by atoms with E-state index in [1.54, 1.807) is 13.0 Å². The van der Waals surface area contributed by atoms with Gasteiger partial charge in [-0.3, -0.25) is 0 Å². The van der Waals surface area contributed by atoms with E-state index in [2.05, 4.69) is 34.8 Å². The molecule has 26 heavy (non-hydrogen) atoms. The lowest BCUT2D eigenvalue weighted by Crippen LogP contribution is -2.51. The van der Waals surface area contributed by atoms with Crippen LogP contribution in [0.1, 0.15) is 27.2 Å². The molecule has 1 heterocycles. The first-order valence-electron chi connectivity index (χ1n) is 8.71. The van der Waals surface area contributed by atoms with Gasteiger partial charge in [0.2, 0.25) is 0 Å². The summed E-state index contributed by atoms with van der Waals surface area (Å²) in [6, 6.07) is 0. The molecule has 1 fully saturated rings. The van der Waals surface area contributed by atoms with Crippen molar-refractivity contribution in [1.82, 2.24) is 4.90 Å². The SMILES string of the molecule is C=N/C(=C\C=C1\C=CC=CC1)N1CC(O/C(N)=C(C)/C=C(\N)Cl)C1.CC. The van der Waals surface area contributed by atoms with E-state index in [-0.39, 0.29) is 11.3 Å². The molecule has 1 saturated heterocycles. The smallest absolute Gasteiger partial charge is 0.187 e. The maximum atomic E-state index is 5.89. The Morgan fingerprint density at radius 1 is 1.35 bits per heavy atom. The number of hydrogen-bond donors (Lipinski definition) is 2. The van der Waals surface area contributed by atoms with Crippen molar-refractivity contribution in [2.45, 2.75) is 33.3 Å². The van der Waals surface area contributed by atoms with Gasteiger partial charge < -0.3 is 21.1 Å². The lowest BCUT2D eigenvalue weighted by Gasteiger charge is -2.40. The molecule has 0 unspecified atom stereocenters. The topological polar surface area (TPSA) is 76.9 Å². The normalized spacial score (nSPS) is 20.2. The highest BCUT2D eigenvalue weighted by molar-refractivity contribution is 6.29. The number of nitrogens with zero attached hydrogens (tertiary/aromatic N) is 2. The van der Waals surface area contributed by atoms with Crippen LogP contribution in [0.3, 0.4) is 0 Å². The fraction of sp³-hybridized carbons (Fsp3) is 0.350. The zero-order chi connectivity index (χ0) is 19.5. The van der Waals surface area contributed by atoms with E-state index in [1.807, 2.05) is 32.1 Å². The third kappa shape index (κ3) is 6.84. The molecule has 0 aromatic carbocycles. The van der Waals surface area contributed by atoms with Crippen molar-refractivity contribution < 1.29 is 4.74 Å². The molecule has 1 aliphatic heterocycles. The molecule has 2 aliphatic rings. The lowest BCUT2D eigenvalue weighted by molar-refractivity contribution is -0.00525. The van der Waals surface area contributed by atoms with Crippen LogP contribution in [0.25, 0.3) is 0 Å². The Bertz CT molecular complexity index is 661. The minimum absolute atomic E-state index is 0.0141. The molecule has 0 aromatic heterocycles. The number of halogens is 1. The molecule has 0 atom stereocenters. The second-order valence-corrected chi connectivity index (χ2v) is 6.07. The summed E-state index contributed by atoms with van der Waals surface area (Å²) in [4.78, 5) is 6.18. The molecule has 142 valence electrons. The average Bonchev–Trinajstić information content (AvgIpc) is 2.61. The van der Waals surface area contributed by atoms with Crippen LogP contribution in [-0.4, -0.2) is 30.8 Å². The second kappa shape index (κ2) is 11.3. The number of allylic oxidation sites excluding steroid dienone is 9. The summed E-state index contributed by atoms with van der Waals surface area (Å²) in [6.45, 7) is 10.9. The highest BCUT2D eigenvalue weighted by Gasteiger charge is 2.30. The summed E-state index contributed by atoms with van der Waals surface area (Å²) in [5, 5.41) is 0.176. The molecule has 0 bridgehead atoms. The number of likely N-dealkylation sites (tertiary alicyclic amines) is 1. The summed E-state index contributed by atoms with van der Waals surface area (Å²) < 4.78 is 5.70. The number of aliphatic imine (C=N–C) groups is 1. The van der Waals surface area contributed by atoms with Gasteiger partial charge in [0, 0.05) is 5.57 Å². The molecule has 5 nitrogen and oxygen atoms in total. The molecule has 0 saturated carbocycles. The van der Waals surface area contributed by atoms with Crippen LogP contribution in [-0.2, 0) is 4.74 Å². The number of ether oxygens (including phenoxy) is 1. The van der Waals surface area contributed by atoms with Gasteiger partial charge in [-0.05, 0) is 37.8 Å². The quantitative estimate of drug-likeness (QED) is 0.318. The van der Waals surface area contributed by atoms with Gasteiger partial charge in [-0.1, -0.05) is 55.8 Å². The molecule has 6 heteroatoms. The molecule has 0 spiro atoms. The first-order chi connectivity index (χ1) is 12.5. The van der Waals surface area contributed by atoms with Crippen LogP contribution in [0.4, 0.5) is 0 Å². The maximum absolute atomic E-state index is 5.89. The van der Waals surface area contributed by atoms with Gasteiger partial charge in [0.1, 0.15) is 11.9 Å². The van der Waals surface area contributed by atoms with Crippen molar-refractivity contribution in [2.24, 2.45) is 16.5 Å². The minimum atomic E-state index is 0.0141. The molecule has 0 radical (unpaired) electrons. The van der Waals surface area contributed by atoms with Crippen molar-refractivity contribution in [3.63, 3.8) is 0 Å². The zero-order valence-electron chi connectivity index (χ0n) is 15.8. The lowest BCUT2D eigenvalue weighted by atomic mass is 10.1. The number of nitrogens with two attached hydrogens (primary N) is 2. The van der Waals surface area contributed by atoms with E-state index in [0.29, 0.717) is 24.5 Å². The van der Waals surface area contributed by atoms with Gasteiger partial charge >= 0.3 is 0 Å². The second-order valence-electron chi connectivity index (χ2n) is 5.64. The van der Waals surface area contributed by atoms with Gasteiger partial charge in [-0.25, -0.2) is 4.99 Å². The summed E-state index contributed by atoms with van der Waals surface area (Å²) in [6.07, 6.45) is 14.8. The van der Waals surface area contributed by atoms with Crippen LogP contribution >= 0.6 is 11.6 Å². The Morgan fingerprint density at radius 2 is 2.04 bits per heavy atom. The molecule has 4 N–H and O–H groups in total. The van der Waals surface area contributed by atoms with Gasteiger partial charge in [0.25, 0.3) is 0 Å². The summed E-state index contributed by atoms with van der Waals surface area (Å²) >= 11 is 5.63.